The van der Waals surface area contributed by atoms with E-state index >= 15 is 0 Å². The fourth-order valence-corrected chi connectivity index (χ4v) is 11.9. The van der Waals surface area contributed by atoms with Gasteiger partial charge in [0.2, 0.25) is 0 Å². The van der Waals surface area contributed by atoms with E-state index in [0.29, 0.717) is 45.7 Å². The van der Waals surface area contributed by atoms with Gasteiger partial charge in [-0.1, -0.05) is 48.0 Å². The molecule has 3 aromatic heterocycles. The monoisotopic (exact) mass is 940 g/mol. The summed E-state index contributed by atoms with van der Waals surface area (Å²) >= 11 is 6.16. The number of para-hydroxylation sites is 2. The molecule has 9 heterocycles. The van der Waals surface area contributed by atoms with Crippen LogP contribution in [0, 0.1) is 18.8 Å². The van der Waals surface area contributed by atoms with Gasteiger partial charge in [-0.3, -0.25) is 23.9 Å². The summed E-state index contributed by atoms with van der Waals surface area (Å²) in [5.74, 6) is 1.89. The molecule has 4 bridgehead atoms. The first-order valence-electron chi connectivity index (χ1n) is 24.1. The zero-order valence-electron chi connectivity index (χ0n) is 39.6. The maximum atomic E-state index is 13.0. The number of aromatic nitrogens is 5. The first-order valence-corrected chi connectivity index (χ1v) is 24.5. The standard InChI is InChI=1S/C18H19N3O.C17H20ClN3O3.C17H22N4O/c1-12-19-9-10-21(12)11-13-7-8-16-17(18(13)22)14-5-3-4-6-15(14)20(16)2;1-20-14-7-11(18)6-12(16(14)24-9-15(20)22)17(23)19-13-8-21-4-2-10(13)3-5-21;1-20-12-7-8-13(20)10-11(9-12)18-17(22)16-14-5-3-4-6-15(14)21(2)19-16/h3-6,9-10,13H,7-8,11H2,1-2H3;6-7,10,13H,2-5,8-9H2,1H3,(H,19,23);3-6,11-13H,7-10H2,1-2H3,(H,18,22). The first kappa shape index (κ1) is 45.7. The quantitative estimate of drug-likeness (QED) is 0.189. The normalized spacial score (nSPS) is 24.9. The lowest BCUT2D eigenvalue weighted by atomic mass is 9.84. The third kappa shape index (κ3) is 8.68. The number of nitrogens with one attached hydrogen (secondary N) is 2. The molecule has 6 aromatic rings. The summed E-state index contributed by atoms with van der Waals surface area (Å²) < 4.78 is 11.6. The zero-order valence-corrected chi connectivity index (χ0v) is 40.3. The summed E-state index contributed by atoms with van der Waals surface area (Å²) in [6.45, 7) is 5.80. The van der Waals surface area contributed by atoms with Gasteiger partial charge in [0.1, 0.15) is 5.82 Å². The Labute approximate surface area is 401 Å². The summed E-state index contributed by atoms with van der Waals surface area (Å²) in [6.07, 6.45) is 12.5. The largest absolute Gasteiger partial charge is 0.481 e. The Bertz CT molecular complexity index is 2900. The Morgan fingerprint density at radius 1 is 0.853 bits per heavy atom. The average Bonchev–Trinajstić information content (AvgIpc) is 4.05. The van der Waals surface area contributed by atoms with Gasteiger partial charge in [0.05, 0.1) is 16.8 Å². The number of piperidine rings is 4. The lowest BCUT2D eigenvalue weighted by Crippen LogP contribution is -2.57. The zero-order chi connectivity index (χ0) is 47.4. The summed E-state index contributed by atoms with van der Waals surface area (Å²) in [5.41, 5.74) is 5.75. The van der Waals surface area contributed by atoms with Crippen molar-refractivity contribution in [3.8, 4) is 5.75 Å². The number of hydrogen-bond acceptors (Lipinski definition) is 9. The Balaban J connectivity index is 0.000000119. The van der Waals surface area contributed by atoms with Gasteiger partial charge in [-0.2, -0.15) is 5.10 Å². The highest BCUT2D eigenvalue weighted by atomic mass is 35.5. The number of fused-ring (bicyclic) bond motifs is 10. The molecule has 7 aliphatic rings. The number of ketones is 1. The van der Waals surface area contributed by atoms with E-state index in [0.717, 1.165) is 97.9 Å². The minimum atomic E-state index is -0.185. The minimum Gasteiger partial charge on any atom is -0.481 e. The van der Waals surface area contributed by atoms with E-state index in [2.05, 4.69) is 65.9 Å². The van der Waals surface area contributed by atoms with Crippen LogP contribution in [0.25, 0.3) is 21.8 Å². The first-order chi connectivity index (χ1) is 32.8. The molecular weight excluding hydrogens is 880 g/mol. The number of benzene rings is 3. The van der Waals surface area contributed by atoms with E-state index in [4.69, 9.17) is 16.3 Å². The number of nitrogens with zero attached hydrogens (tertiary/aromatic N) is 8. The molecule has 4 unspecified atom stereocenters. The van der Waals surface area contributed by atoms with Crippen LogP contribution in [0.4, 0.5) is 5.69 Å². The Morgan fingerprint density at radius 3 is 2.25 bits per heavy atom. The van der Waals surface area contributed by atoms with Crippen molar-refractivity contribution in [3.05, 3.63) is 106 Å². The van der Waals surface area contributed by atoms with Gasteiger partial charge >= 0.3 is 0 Å². The van der Waals surface area contributed by atoms with Crippen molar-refractivity contribution in [1.82, 2.24) is 44.3 Å². The third-order valence-electron chi connectivity index (χ3n) is 15.6. The van der Waals surface area contributed by atoms with Crippen LogP contribution in [0.15, 0.2) is 73.1 Å². The highest BCUT2D eigenvalue weighted by Gasteiger charge is 2.40. The second-order valence-corrected chi connectivity index (χ2v) is 20.0. The topological polar surface area (TPSA) is 152 Å². The molecule has 68 heavy (non-hydrogen) atoms. The average molecular weight is 942 g/mol. The predicted octanol–water partition coefficient (Wildman–Crippen LogP) is 6.58. The molecule has 3 aromatic carbocycles. The number of halogens is 1. The molecular formula is C52H61ClN10O5. The Kier molecular flexibility index (Phi) is 12.7. The van der Waals surface area contributed by atoms with Crippen LogP contribution in [0.3, 0.4) is 0 Å². The molecule has 0 spiro atoms. The predicted molar refractivity (Wildman–Crippen MR) is 263 cm³/mol. The highest BCUT2D eigenvalue weighted by molar-refractivity contribution is 6.31. The number of rotatable bonds is 6. The second kappa shape index (κ2) is 18.8. The molecule has 3 amide bonds. The molecule has 0 radical (unpaired) electrons. The number of ether oxygens (including phenoxy) is 1. The smallest absolute Gasteiger partial charge is 0.272 e. The van der Waals surface area contributed by atoms with Crippen molar-refractivity contribution in [2.75, 3.05) is 45.2 Å². The lowest BCUT2D eigenvalue weighted by Gasteiger charge is -2.45. The van der Waals surface area contributed by atoms with E-state index in [1.165, 1.54) is 23.4 Å². The lowest BCUT2D eigenvalue weighted by molar-refractivity contribution is -0.121. The van der Waals surface area contributed by atoms with Gasteiger partial charge in [0, 0.05) is 109 Å². The molecule has 4 atom stereocenters. The molecule has 13 rings (SSSR count). The van der Waals surface area contributed by atoms with E-state index in [1.54, 1.807) is 30.1 Å². The Hall–Kier alpha value is -6.03. The van der Waals surface area contributed by atoms with Crippen LogP contribution in [0.5, 0.6) is 5.75 Å². The highest BCUT2D eigenvalue weighted by Crippen LogP contribution is 2.39. The van der Waals surface area contributed by atoms with E-state index in [-0.39, 0.29) is 48.1 Å². The van der Waals surface area contributed by atoms with E-state index in [9.17, 15) is 19.2 Å². The number of carbonyl (C=O) groups is 4. The molecule has 5 saturated heterocycles. The summed E-state index contributed by atoms with van der Waals surface area (Å²) in [7, 11) is 7.82. The van der Waals surface area contributed by atoms with Gasteiger partial charge in [-0.15, -0.1) is 0 Å². The van der Waals surface area contributed by atoms with E-state index in [1.807, 2.05) is 56.6 Å². The fraction of sp³-hybridized carbons (Fsp3) is 0.462. The van der Waals surface area contributed by atoms with Crippen molar-refractivity contribution < 1.29 is 23.9 Å². The molecule has 5 fully saturated rings. The van der Waals surface area contributed by atoms with Gasteiger partial charge in [-0.25, -0.2) is 4.98 Å². The summed E-state index contributed by atoms with van der Waals surface area (Å²) in [6, 6.07) is 21.1. The molecule has 2 N–H and O–H groups in total. The van der Waals surface area contributed by atoms with Crippen LogP contribution >= 0.6 is 11.6 Å². The summed E-state index contributed by atoms with van der Waals surface area (Å²) in [4.78, 5) is 60.9. The van der Waals surface area contributed by atoms with Crippen molar-refractivity contribution in [1.29, 1.82) is 0 Å². The van der Waals surface area contributed by atoms with Crippen LogP contribution in [-0.2, 0) is 31.9 Å². The number of Topliss-reactive ketones (excluding diaryl/α,β-unsaturated/α-hetero) is 1. The van der Waals surface area contributed by atoms with Gasteiger partial charge < -0.3 is 39.2 Å². The van der Waals surface area contributed by atoms with Crippen LogP contribution in [-0.4, -0.2) is 122 Å². The van der Waals surface area contributed by atoms with Gasteiger partial charge in [-0.05, 0) is 109 Å². The van der Waals surface area contributed by atoms with Crippen LogP contribution in [0.1, 0.15) is 87.7 Å². The molecule has 356 valence electrons. The third-order valence-corrected chi connectivity index (χ3v) is 15.9. The van der Waals surface area contributed by atoms with E-state index < -0.39 is 0 Å². The van der Waals surface area contributed by atoms with Crippen molar-refractivity contribution in [2.24, 2.45) is 25.9 Å². The van der Waals surface area contributed by atoms with Gasteiger partial charge in [0.25, 0.3) is 17.7 Å². The second-order valence-electron chi connectivity index (χ2n) is 19.6. The molecule has 6 aliphatic heterocycles. The fourth-order valence-electron chi connectivity index (χ4n) is 11.7. The van der Waals surface area contributed by atoms with Crippen molar-refractivity contribution in [2.45, 2.75) is 89.0 Å². The molecule has 1 aliphatic carbocycles. The van der Waals surface area contributed by atoms with Crippen LogP contribution in [0.2, 0.25) is 5.02 Å². The van der Waals surface area contributed by atoms with Crippen LogP contribution < -0.4 is 20.3 Å². The number of imidazole rings is 1. The maximum absolute atomic E-state index is 13.0. The number of amides is 3. The molecule has 16 heteroatoms. The number of likely N-dealkylation sites (N-methyl/N-ethyl adjacent to an activating group) is 1. The number of carbonyl (C=O) groups excluding carboxylic acids is 4. The van der Waals surface area contributed by atoms with Crippen molar-refractivity contribution in [3.63, 3.8) is 0 Å². The van der Waals surface area contributed by atoms with Crippen molar-refractivity contribution >= 4 is 62.6 Å². The number of anilines is 1. The molecule has 15 nitrogen and oxygen atoms in total. The maximum Gasteiger partial charge on any atom is 0.272 e. The number of aryl methyl sites for hydroxylation is 3. The van der Waals surface area contributed by atoms with Gasteiger partial charge in [0.15, 0.2) is 23.8 Å². The Morgan fingerprint density at radius 2 is 1.56 bits per heavy atom. The molecule has 0 saturated carbocycles. The minimum absolute atomic E-state index is 0.0363. The SMILES string of the molecule is CN1C(=O)COc2c(C(=O)NC3CN4CCC3CC4)cc(Cl)cc21.CN1C2CCC1CC(NC(=O)c1nn(C)c3ccccc13)C2.Cc1nccn1CC1CCc2c(c3ccccc3n2C)C1=O. The number of hydrogen-bond donors (Lipinski definition) is 2. The summed E-state index contributed by atoms with van der Waals surface area (Å²) in [5, 5.41) is 13.2.